The molecule has 1 saturated carbocycles. The van der Waals surface area contributed by atoms with Crippen molar-refractivity contribution in [2.45, 2.75) is 52.9 Å². The highest BCUT2D eigenvalue weighted by Gasteiger charge is 2.50. The normalized spacial score (nSPS) is 25.0. The van der Waals surface area contributed by atoms with Crippen LogP contribution < -0.4 is 10.6 Å². The van der Waals surface area contributed by atoms with Gasteiger partial charge in [-0.1, -0.05) is 36.8 Å². The molecule has 1 fully saturated rings. The number of aromatic nitrogens is 1. The van der Waals surface area contributed by atoms with Gasteiger partial charge in [0.2, 0.25) is 5.91 Å². The van der Waals surface area contributed by atoms with Crippen LogP contribution in [0.2, 0.25) is 0 Å². The molecule has 0 saturated heterocycles. The van der Waals surface area contributed by atoms with E-state index >= 15 is 0 Å². The summed E-state index contributed by atoms with van der Waals surface area (Å²) in [6.45, 7) is 7.01. The second-order valence-corrected chi connectivity index (χ2v) is 11.0. The van der Waals surface area contributed by atoms with Crippen molar-refractivity contribution in [3.63, 3.8) is 0 Å². The molecule has 6 rings (SSSR count). The lowest BCUT2D eigenvalue weighted by atomic mass is 9.48. The van der Waals surface area contributed by atoms with Gasteiger partial charge in [-0.15, -0.1) is 0 Å². The van der Waals surface area contributed by atoms with Gasteiger partial charge in [0.05, 0.1) is 28.3 Å². The summed E-state index contributed by atoms with van der Waals surface area (Å²) in [6.07, 6.45) is 7.70. The van der Waals surface area contributed by atoms with Gasteiger partial charge in [0.25, 0.3) is 5.91 Å². The van der Waals surface area contributed by atoms with E-state index in [4.69, 9.17) is 4.42 Å². The molecule has 2 aromatic rings. The molecule has 2 N–H and O–H groups in total. The number of allylic oxidation sites excluding steroid dienone is 1. The van der Waals surface area contributed by atoms with E-state index in [9.17, 15) is 14.4 Å². The molecule has 2 bridgehead atoms. The highest BCUT2D eigenvalue weighted by molar-refractivity contribution is 7.17. The first-order valence-electron chi connectivity index (χ1n) is 11.6. The number of furan rings is 1. The first-order valence-corrected chi connectivity index (χ1v) is 12.4. The van der Waals surface area contributed by atoms with Crippen LogP contribution in [0.5, 0.6) is 0 Å². The highest BCUT2D eigenvalue weighted by Crippen LogP contribution is 2.59. The Balaban J connectivity index is 1.17. The molecule has 33 heavy (non-hydrogen) atoms. The standard InChI is InChI=1S/C25H29N3O4S/c1-13-17(7-9-32-13)23(31)28-24-27-19-10-15(11-20(29)21(19)33-24)22(30)26-8-6-14-4-5-16-12-18(14)25(16,2)3/h4,7,9,15-16,18H,5-6,8,10-12H2,1-3H3,(H,26,30)(H,27,28,31)/t15?,16-,18-/m0/s1. The Bertz CT molecular complexity index is 1160. The number of amides is 2. The van der Waals surface area contributed by atoms with Gasteiger partial charge in [0, 0.05) is 19.4 Å². The fraction of sp³-hybridized carbons (Fsp3) is 0.520. The molecule has 2 heterocycles. The number of nitrogens with one attached hydrogen (secondary N) is 2. The number of anilines is 1. The van der Waals surface area contributed by atoms with Crippen molar-refractivity contribution in [2.24, 2.45) is 23.2 Å². The summed E-state index contributed by atoms with van der Waals surface area (Å²) in [4.78, 5) is 42.9. The lowest BCUT2D eigenvalue weighted by Gasteiger charge is -2.56. The molecular formula is C25H29N3O4S. The van der Waals surface area contributed by atoms with Gasteiger partial charge in [0.15, 0.2) is 10.9 Å². The third-order valence-corrected chi connectivity index (χ3v) is 8.87. The van der Waals surface area contributed by atoms with Gasteiger partial charge >= 0.3 is 0 Å². The Hall–Kier alpha value is -2.74. The van der Waals surface area contributed by atoms with Crippen LogP contribution in [0.4, 0.5) is 5.13 Å². The fourth-order valence-electron chi connectivity index (χ4n) is 5.59. The maximum atomic E-state index is 12.8. The predicted molar refractivity (Wildman–Crippen MR) is 125 cm³/mol. The van der Waals surface area contributed by atoms with Crippen LogP contribution in [-0.2, 0) is 11.2 Å². The van der Waals surface area contributed by atoms with E-state index in [-0.39, 0.29) is 24.0 Å². The Labute approximate surface area is 197 Å². The van der Waals surface area contributed by atoms with Crippen molar-refractivity contribution in [2.75, 3.05) is 11.9 Å². The second kappa shape index (κ2) is 8.24. The number of aryl methyl sites for hydroxylation is 1. The summed E-state index contributed by atoms with van der Waals surface area (Å²) in [5.74, 6) is 1.03. The number of carbonyl (C=O) groups is 3. The molecule has 2 aromatic heterocycles. The number of fused-ring (bicyclic) bond motifs is 2. The summed E-state index contributed by atoms with van der Waals surface area (Å²) in [7, 11) is 0. The van der Waals surface area contributed by atoms with Gasteiger partial charge in [-0.25, -0.2) is 4.98 Å². The molecule has 174 valence electrons. The van der Waals surface area contributed by atoms with E-state index in [1.54, 1.807) is 13.0 Å². The van der Waals surface area contributed by atoms with Crippen LogP contribution in [0.15, 0.2) is 28.4 Å². The van der Waals surface area contributed by atoms with Gasteiger partial charge in [0.1, 0.15) is 5.76 Å². The molecule has 0 radical (unpaired) electrons. The topological polar surface area (TPSA) is 101 Å². The van der Waals surface area contributed by atoms with Crippen LogP contribution >= 0.6 is 11.3 Å². The third kappa shape index (κ3) is 3.94. The zero-order chi connectivity index (χ0) is 23.3. The SMILES string of the molecule is Cc1occc1C(=O)Nc1nc2c(s1)C(=O)CC(C(=O)NCCC1=CC[C@H]3C[C@@H]1C3(C)C)C2. The highest BCUT2D eigenvalue weighted by atomic mass is 32.1. The molecule has 2 amide bonds. The summed E-state index contributed by atoms with van der Waals surface area (Å²) in [6, 6.07) is 1.59. The lowest BCUT2D eigenvalue weighted by Crippen LogP contribution is -2.48. The maximum Gasteiger partial charge on any atom is 0.260 e. The van der Waals surface area contributed by atoms with E-state index in [2.05, 4.69) is 35.5 Å². The number of hydrogen-bond donors (Lipinski definition) is 2. The average molecular weight is 468 g/mol. The van der Waals surface area contributed by atoms with E-state index < -0.39 is 5.92 Å². The van der Waals surface area contributed by atoms with Crippen molar-refractivity contribution in [3.8, 4) is 0 Å². The van der Waals surface area contributed by atoms with Crippen molar-refractivity contribution in [1.82, 2.24) is 10.3 Å². The lowest BCUT2D eigenvalue weighted by molar-refractivity contribution is -0.125. The molecular weight excluding hydrogens is 438 g/mol. The van der Waals surface area contributed by atoms with E-state index in [1.165, 1.54) is 29.6 Å². The number of Topliss-reactive ketones (excluding diaryl/α,β-unsaturated/α-hetero) is 1. The predicted octanol–water partition coefficient (Wildman–Crippen LogP) is 4.54. The first kappa shape index (κ1) is 22.1. The van der Waals surface area contributed by atoms with Gasteiger partial charge < -0.3 is 9.73 Å². The number of rotatable bonds is 6. The summed E-state index contributed by atoms with van der Waals surface area (Å²) < 4.78 is 5.17. The van der Waals surface area contributed by atoms with Crippen LogP contribution in [-0.4, -0.2) is 29.1 Å². The smallest absolute Gasteiger partial charge is 0.260 e. The number of hydrogen-bond acceptors (Lipinski definition) is 6. The molecule has 8 heteroatoms. The van der Waals surface area contributed by atoms with E-state index in [0.29, 0.717) is 51.3 Å². The summed E-state index contributed by atoms with van der Waals surface area (Å²) in [5, 5.41) is 6.15. The Morgan fingerprint density at radius 1 is 1.30 bits per heavy atom. The summed E-state index contributed by atoms with van der Waals surface area (Å²) in [5.41, 5.74) is 2.87. The molecule has 4 aliphatic carbocycles. The maximum absolute atomic E-state index is 12.8. The van der Waals surface area contributed by atoms with E-state index in [1.807, 2.05) is 0 Å². The first-order chi connectivity index (χ1) is 15.7. The number of thiazole rings is 1. The number of ketones is 1. The molecule has 0 aliphatic heterocycles. The molecule has 0 spiro atoms. The number of nitrogens with zero attached hydrogens (tertiary/aromatic N) is 1. The average Bonchev–Trinajstić information content (AvgIpc) is 3.39. The second-order valence-electron chi connectivity index (χ2n) is 10.0. The van der Waals surface area contributed by atoms with Gasteiger partial charge in [-0.3, -0.25) is 19.7 Å². The monoisotopic (exact) mass is 467 g/mol. The zero-order valence-electron chi connectivity index (χ0n) is 19.2. The molecule has 4 aliphatic rings. The molecule has 3 atom stereocenters. The molecule has 7 nitrogen and oxygen atoms in total. The Morgan fingerprint density at radius 3 is 2.82 bits per heavy atom. The van der Waals surface area contributed by atoms with E-state index in [0.717, 1.165) is 18.8 Å². The number of carbonyl (C=O) groups excluding carboxylic acids is 3. The van der Waals surface area contributed by atoms with Crippen LogP contribution in [0.3, 0.4) is 0 Å². The van der Waals surface area contributed by atoms with Crippen LogP contribution in [0.1, 0.15) is 71.0 Å². The minimum Gasteiger partial charge on any atom is -0.469 e. The third-order valence-electron chi connectivity index (χ3n) is 7.81. The zero-order valence-corrected chi connectivity index (χ0v) is 20.0. The fourth-order valence-corrected chi connectivity index (χ4v) is 6.52. The van der Waals surface area contributed by atoms with Crippen LogP contribution in [0, 0.1) is 30.1 Å². The Morgan fingerprint density at radius 2 is 2.12 bits per heavy atom. The summed E-state index contributed by atoms with van der Waals surface area (Å²) >= 11 is 1.17. The molecule has 1 unspecified atom stereocenters. The van der Waals surface area contributed by atoms with Gasteiger partial charge in [-0.05, 0) is 49.5 Å². The largest absolute Gasteiger partial charge is 0.469 e. The van der Waals surface area contributed by atoms with Crippen molar-refractivity contribution in [3.05, 3.63) is 45.9 Å². The Kier molecular flexibility index (Phi) is 5.51. The van der Waals surface area contributed by atoms with Crippen molar-refractivity contribution in [1.29, 1.82) is 0 Å². The van der Waals surface area contributed by atoms with Crippen LogP contribution in [0.25, 0.3) is 0 Å². The van der Waals surface area contributed by atoms with Crippen molar-refractivity contribution >= 4 is 34.1 Å². The van der Waals surface area contributed by atoms with Gasteiger partial charge in [-0.2, -0.15) is 0 Å². The minimum absolute atomic E-state index is 0.0915. The molecule has 0 aromatic carbocycles. The minimum atomic E-state index is -0.420. The van der Waals surface area contributed by atoms with Crippen molar-refractivity contribution < 1.29 is 18.8 Å². The quantitative estimate of drug-likeness (QED) is 0.608.